The first-order valence-electron chi connectivity index (χ1n) is 8.66. The summed E-state index contributed by atoms with van der Waals surface area (Å²) in [6.07, 6.45) is 4.37. The molecule has 0 fully saturated rings. The fourth-order valence-corrected chi connectivity index (χ4v) is 3.99. The third kappa shape index (κ3) is 4.27. The number of hydrogen-bond acceptors (Lipinski definition) is 8. The molecule has 0 spiro atoms. The highest BCUT2D eigenvalue weighted by molar-refractivity contribution is 7.15. The summed E-state index contributed by atoms with van der Waals surface area (Å²) in [7, 11) is 0. The number of nitro groups is 1. The van der Waals surface area contributed by atoms with Crippen LogP contribution in [0, 0.1) is 10.1 Å². The van der Waals surface area contributed by atoms with Gasteiger partial charge in [0.25, 0.3) is 0 Å². The third-order valence-corrected chi connectivity index (χ3v) is 5.97. The number of nitrogens with zero attached hydrogens (tertiary/aromatic N) is 7. The molecule has 4 rings (SSSR count). The Bertz CT molecular complexity index is 1180. The molecule has 154 valence electrons. The number of rotatable bonds is 7. The van der Waals surface area contributed by atoms with Gasteiger partial charge < -0.3 is 5.32 Å². The zero-order valence-electron chi connectivity index (χ0n) is 15.4. The maximum atomic E-state index is 10.8. The molecule has 0 unspecified atom stereocenters. The summed E-state index contributed by atoms with van der Waals surface area (Å²) in [6, 6.07) is 6.85. The topological polar surface area (TPSA) is 117 Å². The minimum absolute atomic E-state index is 0.0751. The van der Waals surface area contributed by atoms with Gasteiger partial charge in [0.1, 0.15) is 23.4 Å². The smallest absolute Gasteiger partial charge is 0.307 e. The van der Waals surface area contributed by atoms with Gasteiger partial charge in [-0.15, -0.1) is 10.2 Å². The zero-order valence-corrected chi connectivity index (χ0v) is 17.8. The second-order valence-corrected chi connectivity index (χ2v) is 8.10. The van der Waals surface area contributed by atoms with Gasteiger partial charge in [-0.1, -0.05) is 40.6 Å². The van der Waals surface area contributed by atoms with Crippen molar-refractivity contribution in [3.63, 3.8) is 0 Å². The van der Waals surface area contributed by atoms with E-state index in [9.17, 15) is 10.1 Å². The summed E-state index contributed by atoms with van der Waals surface area (Å²) in [5, 5.41) is 33.0. The zero-order chi connectivity index (χ0) is 21.3. The lowest BCUT2D eigenvalue weighted by Crippen LogP contribution is -2.06. The molecule has 0 saturated heterocycles. The molecular formula is C17H14Cl2N8O2S. The van der Waals surface area contributed by atoms with E-state index in [1.165, 1.54) is 28.4 Å². The monoisotopic (exact) mass is 464 g/mol. The third-order valence-electron chi connectivity index (χ3n) is 4.25. The molecule has 0 saturated carbocycles. The van der Waals surface area contributed by atoms with Gasteiger partial charge in [0.2, 0.25) is 5.13 Å². The molecule has 10 nitrogen and oxygen atoms in total. The number of halogens is 2. The molecule has 1 N–H and O–H groups in total. The van der Waals surface area contributed by atoms with E-state index in [0.717, 1.165) is 5.56 Å². The Kier molecular flexibility index (Phi) is 5.66. The van der Waals surface area contributed by atoms with Crippen molar-refractivity contribution in [2.24, 2.45) is 0 Å². The van der Waals surface area contributed by atoms with Crippen LogP contribution in [0.15, 0.2) is 42.9 Å². The van der Waals surface area contributed by atoms with Crippen LogP contribution in [0.3, 0.4) is 0 Å². The highest BCUT2D eigenvalue weighted by Gasteiger charge is 2.18. The van der Waals surface area contributed by atoms with Crippen LogP contribution in [0.25, 0.3) is 0 Å². The van der Waals surface area contributed by atoms with E-state index in [0.29, 0.717) is 32.5 Å². The Morgan fingerprint density at radius 2 is 2.03 bits per heavy atom. The number of hydrogen-bond donors (Lipinski definition) is 1. The minimum atomic E-state index is -0.491. The van der Waals surface area contributed by atoms with Gasteiger partial charge in [-0.05, 0) is 19.1 Å². The number of benzene rings is 1. The van der Waals surface area contributed by atoms with Crippen molar-refractivity contribution < 1.29 is 4.92 Å². The van der Waals surface area contributed by atoms with Gasteiger partial charge in [0.05, 0.1) is 11.5 Å². The summed E-state index contributed by atoms with van der Waals surface area (Å²) in [5.41, 5.74) is 0.713. The molecule has 3 heterocycles. The van der Waals surface area contributed by atoms with Crippen molar-refractivity contribution in [3.8, 4) is 0 Å². The van der Waals surface area contributed by atoms with Crippen LogP contribution in [-0.4, -0.2) is 34.7 Å². The SMILES string of the molecule is C[C@H](c1nnc(Nc2ccn(Cc3c(Cl)cccc3Cl)n2)s1)n1cc([N+](=O)[O-])cn1. The molecule has 0 radical (unpaired) electrons. The van der Waals surface area contributed by atoms with E-state index in [2.05, 4.69) is 25.7 Å². The summed E-state index contributed by atoms with van der Waals surface area (Å²) < 4.78 is 3.19. The highest BCUT2D eigenvalue weighted by atomic mass is 35.5. The Labute approximate surface area is 184 Å². The van der Waals surface area contributed by atoms with Crippen LogP contribution in [-0.2, 0) is 6.54 Å². The van der Waals surface area contributed by atoms with Gasteiger partial charge in [0, 0.05) is 27.9 Å². The molecule has 0 aliphatic carbocycles. The van der Waals surface area contributed by atoms with Crippen molar-refractivity contribution in [2.45, 2.75) is 19.5 Å². The van der Waals surface area contributed by atoms with Crippen LogP contribution < -0.4 is 5.32 Å². The Morgan fingerprint density at radius 1 is 1.27 bits per heavy atom. The van der Waals surface area contributed by atoms with Crippen molar-refractivity contribution in [1.82, 2.24) is 29.8 Å². The molecule has 1 aromatic carbocycles. The first-order chi connectivity index (χ1) is 14.4. The molecule has 0 aliphatic heterocycles. The van der Waals surface area contributed by atoms with Crippen molar-refractivity contribution in [1.29, 1.82) is 0 Å². The maximum absolute atomic E-state index is 10.8. The van der Waals surface area contributed by atoms with E-state index in [1.807, 2.05) is 6.92 Å². The van der Waals surface area contributed by atoms with Gasteiger partial charge in [-0.25, -0.2) is 0 Å². The lowest BCUT2D eigenvalue weighted by molar-refractivity contribution is -0.385. The van der Waals surface area contributed by atoms with Crippen molar-refractivity contribution in [3.05, 3.63) is 73.6 Å². The van der Waals surface area contributed by atoms with Gasteiger partial charge in [0.15, 0.2) is 5.82 Å². The number of anilines is 2. The van der Waals surface area contributed by atoms with Crippen LogP contribution in [0.5, 0.6) is 0 Å². The van der Waals surface area contributed by atoms with Crippen molar-refractivity contribution >= 4 is 51.2 Å². The predicted molar refractivity (Wildman–Crippen MR) is 114 cm³/mol. The normalized spacial score (nSPS) is 12.1. The Morgan fingerprint density at radius 3 is 2.73 bits per heavy atom. The van der Waals surface area contributed by atoms with Gasteiger partial charge in [-0.2, -0.15) is 10.2 Å². The molecule has 0 amide bonds. The first kappa shape index (κ1) is 20.3. The fraction of sp³-hybridized carbons (Fsp3) is 0.176. The summed E-state index contributed by atoms with van der Waals surface area (Å²) in [6.45, 7) is 2.26. The number of aromatic nitrogens is 6. The second-order valence-electron chi connectivity index (χ2n) is 6.28. The maximum Gasteiger partial charge on any atom is 0.307 e. The van der Waals surface area contributed by atoms with E-state index in [1.54, 1.807) is 35.1 Å². The average molecular weight is 465 g/mol. The molecule has 30 heavy (non-hydrogen) atoms. The summed E-state index contributed by atoms with van der Waals surface area (Å²) >= 11 is 13.7. The molecule has 1 atom stereocenters. The predicted octanol–water partition coefficient (Wildman–Crippen LogP) is 4.55. The minimum Gasteiger partial charge on any atom is -0.313 e. The molecule has 13 heteroatoms. The quantitative estimate of drug-likeness (QED) is 0.314. The highest BCUT2D eigenvalue weighted by Crippen LogP contribution is 2.28. The fourth-order valence-electron chi connectivity index (χ4n) is 2.67. The van der Waals surface area contributed by atoms with E-state index in [-0.39, 0.29) is 11.7 Å². The summed E-state index contributed by atoms with van der Waals surface area (Å²) in [5.74, 6) is 0.586. The molecule has 3 aromatic heterocycles. The average Bonchev–Trinajstić information content (AvgIpc) is 3.46. The lowest BCUT2D eigenvalue weighted by atomic mass is 10.2. The van der Waals surface area contributed by atoms with Gasteiger partial charge in [-0.3, -0.25) is 19.5 Å². The standard InChI is InChI=1S/C17H14Cl2N8O2S/c1-10(26-8-11(7-20-26)27(28)29)16-22-23-17(30-16)21-15-5-6-25(24-15)9-12-13(18)3-2-4-14(12)19/h2-8,10H,9H2,1H3,(H,21,23,24)/t10-/m1/s1. The van der Waals surface area contributed by atoms with Crippen molar-refractivity contribution in [2.75, 3.05) is 5.32 Å². The molecule has 0 aliphatic rings. The van der Waals surface area contributed by atoms with E-state index < -0.39 is 4.92 Å². The molecule has 4 aromatic rings. The van der Waals surface area contributed by atoms with Crippen LogP contribution in [0.2, 0.25) is 10.0 Å². The van der Waals surface area contributed by atoms with Gasteiger partial charge >= 0.3 is 5.69 Å². The van der Waals surface area contributed by atoms with Crippen LogP contribution in [0.1, 0.15) is 23.5 Å². The number of nitrogens with one attached hydrogen (secondary N) is 1. The molecule has 0 bridgehead atoms. The summed E-state index contributed by atoms with van der Waals surface area (Å²) in [4.78, 5) is 10.3. The largest absolute Gasteiger partial charge is 0.313 e. The van der Waals surface area contributed by atoms with Crippen LogP contribution >= 0.6 is 34.5 Å². The second kappa shape index (κ2) is 8.38. The Hall–Kier alpha value is -3.02. The van der Waals surface area contributed by atoms with E-state index >= 15 is 0 Å². The molecular weight excluding hydrogens is 451 g/mol. The lowest BCUT2D eigenvalue weighted by Gasteiger charge is -2.07. The Balaban J connectivity index is 1.44. The first-order valence-corrected chi connectivity index (χ1v) is 10.2. The van der Waals surface area contributed by atoms with Crippen LogP contribution in [0.4, 0.5) is 16.6 Å². The van der Waals surface area contributed by atoms with E-state index in [4.69, 9.17) is 23.2 Å².